The van der Waals surface area contributed by atoms with Gasteiger partial charge in [-0.2, -0.15) is 0 Å². The monoisotopic (exact) mass is 256 g/mol. The van der Waals surface area contributed by atoms with Gasteiger partial charge in [0.15, 0.2) is 0 Å². The van der Waals surface area contributed by atoms with Crippen LogP contribution in [0, 0.1) is 5.92 Å². The van der Waals surface area contributed by atoms with E-state index < -0.39 is 9.84 Å². The molecule has 4 heteroatoms. The molecule has 96 valence electrons. The summed E-state index contributed by atoms with van der Waals surface area (Å²) in [5.41, 5.74) is 1.33. The van der Waals surface area contributed by atoms with Gasteiger partial charge in [0, 0.05) is 19.1 Å². The Morgan fingerprint density at radius 1 is 1.24 bits per heavy atom. The van der Waals surface area contributed by atoms with Crippen LogP contribution in [0.15, 0.2) is 11.6 Å². The highest BCUT2D eigenvalue weighted by atomic mass is 32.2. The fraction of sp³-hybridized carbons (Fsp3) is 0.769. The van der Waals surface area contributed by atoms with Gasteiger partial charge in [0.05, 0.1) is 5.25 Å². The van der Waals surface area contributed by atoms with Crippen molar-refractivity contribution in [1.82, 2.24) is 0 Å². The van der Waals surface area contributed by atoms with E-state index in [0.29, 0.717) is 24.5 Å². The molecule has 2 aliphatic rings. The van der Waals surface area contributed by atoms with E-state index in [0.717, 1.165) is 32.1 Å². The van der Waals surface area contributed by atoms with E-state index in [2.05, 4.69) is 0 Å². The van der Waals surface area contributed by atoms with Crippen LogP contribution in [0.25, 0.3) is 0 Å². The SMILES string of the molecule is CS(=O)(=O)C1CCCC(C2=CCC(=O)CC2)C1. The van der Waals surface area contributed by atoms with Gasteiger partial charge in [0.1, 0.15) is 15.6 Å². The van der Waals surface area contributed by atoms with Crippen molar-refractivity contribution in [3.8, 4) is 0 Å². The Labute approximate surface area is 103 Å². The Morgan fingerprint density at radius 2 is 2.00 bits per heavy atom. The van der Waals surface area contributed by atoms with Crippen LogP contribution in [0.3, 0.4) is 0 Å². The van der Waals surface area contributed by atoms with E-state index in [1.165, 1.54) is 11.8 Å². The molecule has 0 aromatic carbocycles. The van der Waals surface area contributed by atoms with Crippen molar-refractivity contribution in [2.24, 2.45) is 5.92 Å². The molecule has 1 saturated carbocycles. The summed E-state index contributed by atoms with van der Waals surface area (Å²) in [5, 5.41) is -0.167. The number of carbonyl (C=O) groups is 1. The topological polar surface area (TPSA) is 51.2 Å². The van der Waals surface area contributed by atoms with Gasteiger partial charge in [0.2, 0.25) is 0 Å². The molecule has 0 aromatic heterocycles. The number of carbonyl (C=O) groups excluding carboxylic acids is 1. The first-order valence-electron chi connectivity index (χ1n) is 6.36. The molecule has 0 radical (unpaired) electrons. The van der Waals surface area contributed by atoms with Crippen LogP contribution >= 0.6 is 0 Å². The minimum atomic E-state index is -2.90. The van der Waals surface area contributed by atoms with Crippen LogP contribution in [0.5, 0.6) is 0 Å². The summed E-state index contributed by atoms with van der Waals surface area (Å²) in [5.74, 6) is 0.709. The van der Waals surface area contributed by atoms with Crippen molar-refractivity contribution in [2.45, 2.75) is 50.2 Å². The van der Waals surface area contributed by atoms with Gasteiger partial charge in [-0.3, -0.25) is 4.79 Å². The minimum absolute atomic E-state index is 0.167. The fourth-order valence-electron chi connectivity index (χ4n) is 2.97. The van der Waals surface area contributed by atoms with Crippen LogP contribution < -0.4 is 0 Å². The standard InChI is InChI=1S/C13H20O3S/c1-17(15,16)13-4-2-3-11(9-13)10-5-7-12(14)8-6-10/h5,11,13H,2-4,6-9H2,1H3. The Hall–Kier alpha value is -0.640. The first-order valence-corrected chi connectivity index (χ1v) is 8.32. The number of rotatable bonds is 2. The second-order valence-corrected chi connectivity index (χ2v) is 7.66. The highest BCUT2D eigenvalue weighted by molar-refractivity contribution is 7.91. The first kappa shape index (κ1) is 12.8. The van der Waals surface area contributed by atoms with Crippen LogP contribution in [0.2, 0.25) is 0 Å². The predicted molar refractivity (Wildman–Crippen MR) is 67.5 cm³/mol. The van der Waals surface area contributed by atoms with E-state index in [-0.39, 0.29) is 5.25 Å². The quantitative estimate of drug-likeness (QED) is 0.712. The van der Waals surface area contributed by atoms with E-state index in [1.807, 2.05) is 6.08 Å². The van der Waals surface area contributed by atoms with E-state index in [1.54, 1.807) is 0 Å². The second-order valence-electron chi connectivity index (χ2n) is 5.34. The third-order valence-electron chi connectivity index (χ3n) is 4.04. The van der Waals surface area contributed by atoms with Crippen molar-refractivity contribution in [2.75, 3.05) is 6.26 Å². The van der Waals surface area contributed by atoms with Gasteiger partial charge in [0.25, 0.3) is 0 Å². The van der Waals surface area contributed by atoms with Gasteiger partial charge >= 0.3 is 0 Å². The first-order chi connectivity index (χ1) is 7.97. The van der Waals surface area contributed by atoms with Gasteiger partial charge < -0.3 is 0 Å². The molecule has 17 heavy (non-hydrogen) atoms. The molecule has 0 aromatic rings. The molecule has 3 nitrogen and oxygen atoms in total. The molecule has 0 spiro atoms. The molecule has 2 atom stereocenters. The van der Waals surface area contributed by atoms with E-state index in [4.69, 9.17) is 0 Å². The zero-order chi connectivity index (χ0) is 12.5. The number of allylic oxidation sites excluding steroid dienone is 2. The minimum Gasteiger partial charge on any atom is -0.299 e. The molecule has 0 bridgehead atoms. The van der Waals surface area contributed by atoms with Crippen LogP contribution in [-0.4, -0.2) is 25.7 Å². The average Bonchev–Trinajstić information content (AvgIpc) is 2.29. The zero-order valence-corrected chi connectivity index (χ0v) is 11.1. The highest BCUT2D eigenvalue weighted by Gasteiger charge is 2.31. The highest BCUT2D eigenvalue weighted by Crippen LogP contribution is 2.36. The summed E-state index contributed by atoms with van der Waals surface area (Å²) in [7, 11) is -2.90. The molecule has 0 saturated heterocycles. The van der Waals surface area contributed by atoms with Crippen molar-refractivity contribution in [3.05, 3.63) is 11.6 Å². The third kappa shape index (κ3) is 3.18. The van der Waals surface area contributed by atoms with Crippen LogP contribution in [0.4, 0.5) is 0 Å². The summed E-state index contributed by atoms with van der Waals surface area (Å²) >= 11 is 0. The number of Topliss-reactive ketones (excluding diaryl/α,β-unsaturated/α-hetero) is 1. The average molecular weight is 256 g/mol. The second kappa shape index (κ2) is 4.92. The smallest absolute Gasteiger partial charge is 0.150 e. The maximum Gasteiger partial charge on any atom is 0.150 e. The summed E-state index contributed by atoms with van der Waals surface area (Å²) in [6.07, 6.45) is 9.08. The van der Waals surface area contributed by atoms with Crippen molar-refractivity contribution in [1.29, 1.82) is 0 Å². The number of hydrogen-bond acceptors (Lipinski definition) is 3. The molecule has 0 aliphatic heterocycles. The molecule has 2 rings (SSSR count). The van der Waals surface area contributed by atoms with Crippen LogP contribution in [0.1, 0.15) is 44.9 Å². The Balaban J connectivity index is 2.05. The normalized spacial score (nSPS) is 31.1. The van der Waals surface area contributed by atoms with Crippen LogP contribution in [-0.2, 0) is 14.6 Å². The van der Waals surface area contributed by atoms with Gasteiger partial charge in [-0.1, -0.05) is 18.1 Å². The Bertz CT molecular complexity index is 434. The predicted octanol–water partition coefficient (Wildman–Crippen LogP) is 2.27. The number of hydrogen-bond donors (Lipinski definition) is 0. The molecule has 0 heterocycles. The lowest BCUT2D eigenvalue weighted by molar-refractivity contribution is -0.118. The summed E-state index contributed by atoms with van der Waals surface area (Å²) in [6.45, 7) is 0. The fourth-order valence-corrected chi connectivity index (χ4v) is 4.15. The van der Waals surface area contributed by atoms with E-state index >= 15 is 0 Å². The molecule has 0 N–H and O–H groups in total. The summed E-state index contributed by atoms with van der Waals surface area (Å²) in [6, 6.07) is 0. The number of ketones is 1. The molecule has 1 fully saturated rings. The number of sulfone groups is 1. The Kier molecular flexibility index (Phi) is 3.71. The van der Waals surface area contributed by atoms with Gasteiger partial charge in [-0.25, -0.2) is 8.42 Å². The molecular formula is C13H20O3S. The summed E-state index contributed by atoms with van der Waals surface area (Å²) in [4.78, 5) is 11.2. The largest absolute Gasteiger partial charge is 0.299 e. The van der Waals surface area contributed by atoms with Crippen molar-refractivity contribution >= 4 is 15.6 Å². The van der Waals surface area contributed by atoms with Gasteiger partial charge in [-0.05, 0) is 31.6 Å². The lowest BCUT2D eigenvalue weighted by Gasteiger charge is -2.31. The molecule has 2 unspecified atom stereocenters. The zero-order valence-electron chi connectivity index (χ0n) is 10.3. The molecule has 0 amide bonds. The lowest BCUT2D eigenvalue weighted by Crippen LogP contribution is -2.28. The molecular weight excluding hydrogens is 236 g/mol. The lowest BCUT2D eigenvalue weighted by atomic mass is 9.79. The third-order valence-corrected chi connectivity index (χ3v) is 5.68. The van der Waals surface area contributed by atoms with Crippen molar-refractivity contribution < 1.29 is 13.2 Å². The summed E-state index contributed by atoms with van der Waals surface area (Å²) < 4.78 is 23.2. The van der Waals surface area contributed by atoms with E-state index in [9.17, 15) is 13.2 Å². The maximum absolute atomic E-state index is 11.6. The van der Waals surface area contributed by atoms with Crippen molar-refractivity contribution in [3.63, 3.8) is 0 Å². The Morgan fingerprint density at radius 3 is 2.59 bits per heavy atom. The molecule has 2 aliphatic carbocycles. The maximum atomic E-state index is 11.6. The van der Waals surface area contributed by atoms with Gasteiger partial charge in [-0.15, -0.1) is 0 Å².